The van der Waals surface area contributed by atoms with Crippen molar-refractivity contribution in [2.45, 2.75) is 31.8 Å². The van der Waals surface area contributed by atoms with Gasteiger partial charge < -0.3 is 9.80 Å². The van der Waals surface area contributed by atoms with E-state index in [1.807, 2.05) is 35.9 Å². The van der Waals surface area contributed by atoms with Crippen LogP contribution in [0.3, 0.4) is 0 Å². The van der Waals surface area contributed by atoms with Crippen LogP contribution >= 0.6 is 0 Å². The number of nitrogens with one attached hydrogen (secondary N) is 1. The Morgan fingerprint density at radius 3 is 2.81 bits per heavy atom. The number of anilines is 1. The predicted molar refractivity (Wildman–Crippen MR) is 99.6 cm³/mol. The second kappa shape index (κ2) is 8.31. The summed E-state index contributed by atoms with van der Waals surface area (Å²) in [6.07, 6.45) is 4.56. The summed E-state index contributed by atoms with van der Waals surface area (Å²) in [6, 6.07) is 8.35. The van der Waals surface area contributed by atoms with Gasteiger partial charge >= 0.3 is 6.03 Å². The smallest absolute Gasteiger partial charge is 0.321 e. The number of likely N-dealkylation sites (N-methyl/N-ethyl adjacent to an activating group) is 1. The lowest BCUT2D eigenvalue weighted by Crippen LogP contribution is -2.39. The van der Waals surface area contributed by atoms with Crippen molar-refractivity contribution in [1.82, 2.24) is 19.6 Å². The zero-order chi connectivity index (χ0) is 18.5. The summed E-state index contributed by atoms with van der Waals surface area (Å²) in [5.74, 6) is 0.334. The Bertz CT molecular complexity index is 728. The standard InChI is InChI=1S/C19H26FN5O/c1-23(2)12-13-24-11-9-18(22-24)21-19(26)25-10-3-4-17(25)14-15-5-7-16(20)8-6-15/h5-9,11,17H,3-4,10,12-14H2,1-2H3,(H,21,22,26). The van der Waals surface area contributed by atoms with Gasteiger partial charge in [-0.2, -0.15) is 5.10 Å². The molecular formula is C19H26FN5O. The fourth-order valence-corrected chi connectivity index (χ4v) is 3.24. The molecule has 0 aliphatic carbocycles. The van der Waals surface area contributed by atoms with Crippen LogP contribution in [0.15, 0.2) is 36.5 Å². The molecule has 0 radical (unpaired) electrons. The van der Waals surface area contributed by atoms with E-state index < -0.39 is 0 Å². The third-order valence-corrected chi connectivity index (χ3v) is 4.67. The van der Waals surface area contributed by atoms with Gasteiger partial charge in [-0.3, -0.25) is 10.00 Å². The Kier molecular flexibility index (Phi) is 5.88. The maximum atomic E-state index is 13.1. The van der Waals surface area contributed by atoms with Gasteiger partial charge in [0.25, 0.3) is 0 Å². The fraction of sp³-hybridized carbons (Fsp3) is 0.474. The van der Waals surface area contributed by atoms with Gasteiger partial charge in [-0.05, 0) is 51.1 Å². The van der Waals surface area contributed by atoms with Crippen LogP contribution in [0.5, 0.6) is 0 Å². The Balaban J connectivity index is 1.57. The molecule has 6 nitrogen and oxygen atoms in total. The summed E-state index contributed by atoms with van der Waals surface area (Å²) in [4.78, 5) is 16.6. The number of hydrogen-bond donors (Lipinski definition) is 1. The third kappa shape index (κ3) is 4.82. The van der Waals surface area contributed by atoms with E-state index in [0.717, 1.165) is 44.5 Å². The van der Waals surface area contributed by atoms with E-state index in [1.165, 1.54) is 12.1 Å². The lowest BCUT2D eigenvalue weighted by Gasteiger charge is -2.24. The molecule has 1 atom stereocenters. The minimum absolute atomic E-state index is 0.118. The van der Waals surface area contributed by atoms with Crippen molar-refractivity contribution < 1.29 is 9.18 Å². The van der Waals surface area contributed by atoms with E-state index >= 15 is 0 Å². The van der Waals surface area contributed by atoms with Gasteiger partial charge in [-0.1, -0.05) is 12.1 Å². The highest BCUT2D eigenvalue weighted by atomic mass is 19.1. The molecule has 7 heteroatoms. The normalized spacial score (nSPS) is 17.1. The molecule has 0 bridgehead atoms. The Morgan fingerprint density at radius 2 is 2.08 bits per heavy atom. The van der Waals surface area contributed by atoms with E-state index in [-0.39, 0.29) is 17.9 Å². The molecule has 26 heavy (non-hydrogen) atoms. The summed E-state index contributed by atoms with van der Waals surface area (Å²) in [5.41, 5.74) is 1.05. The lowest BCUT2D eigenvalue weighted by molar-refractivity contribution is 0.206. The molecule has 1 N–H and O–H groups in total. The van der Waals surface area contributed by atoms with Crippen molar-refractivity contribution in [3.8, 4) is 0 Å². The molecular weight excluding hydrogens is 333 g/mol. The Labute approximate surface area is 153 Å². The third-order valence-electron chi connectivity index (χ3n) is 4.67. The number of amides is 2. The van der Waals surface area contributed by atoms with Gasteiger partial charge in [-0.15, -0.1) is 0 Å². The number of carbonyl (C=O) groups excluding carboxylic acids is 1. The number of aromatic nitrogens is 2. The number of urea groups is 1. The van der Waals surface area contributed by atoms with E-state index in [1.54, 1.807) is 12.1 Å². The average Bonchev–Trinajstić information content (AvgIpc) is 3.24. The average molecular weight is 359 g/mol. The molecule has 1 fully saturated rings. The van der Waals surface area contributed by atoms with Crippen LogP contribution in [-0.2, 0) is 13.0 Å². The van der Waals surface area contributed by atoms with Crippen LogP contribution < -0.4 is 5.32 Å². The second-order valence-corrected chi connectivity index (χ2v) is 7.02. The topological polar surface area (TPSA) is 53.4 Å². The number of benzene rings is 1. The maximum absolute atomic E-state index is 13.1. The minimum Gasteiger partial charge on any atom is -0.321 e. The molecule has 1 saturated heterocycles. The number of nitrogens with zero attached hydrogens (tertiary/aromatic N) is 4. The number of likely N-dealkylation sites (tertiary alicyclic amines) is 1. The summed E-state index contributed by atoms with van der Waals surface area (Å²) in [5, 5.41) is 7.30. The largest absolute Gasteiger partial charge is 0.323 e. The maximum Gasteiger partial charge on any atom is 0.323 e. The molecule has 2 amide bonds. The lowest BCUT2D eigenvalue weighted by atomic mass is 10.0. The van der Waals surface area contributed by atoms with Crippen molar-refractivity contribution in [3.63, 3.8) is 0 Å². The molecule has 1 unspecified atom stereocenters. The van der Waals surface area contributed by atoms with Crippen LogP contribution in [0.1, 0.15) is 18.4 Å². The first-order valence-corrected chi connectivity index (χ1v) is 9.01. The highest BCUT2D eigenvalue weighted by Crippen LogP contribution is 2.22. The zero-order valence-electron chi connectivity index (χ0n) is 15.4. The Hall–Kier alpha value is -2.41. The summed E-state index contributed by atoms with van der Waals surface area (Å²) >= 11 is 0. The minimum atomic E-state index is -0.236. The van der Waals surface area contributed by atoms with Crippen LogP contribution in [-0.4, -0.2) is 58.8 Å². The fourth-order valence-electron chi connectivity index (χ4n) is 3.24. The second-order valence-electron chi connectivity index (χ2n) is 7.02. The van der Waals surface area contributed by atoms with Crippen LogP contribution in [0.4, 0.5) is 15.0 Å². The molecule has 1 aliphatic rings. The SMILES string of the molecule is CN(C)CCn1ccc(NC(=O)N2CCCC2Cc2ccc(F)cc2)n1. The molecule has 0 spiro atoms. The van der Waals surface area contributed by atoms with E-state index in [9.17, 15) is 9.18 Å². The van der Waals surface area contributed by atoms with Crippen molar-refractivity contribution >= 4 is 11.8 Å². The van der Waals surface area contributed by atoms with E-state index in [2.05, 4.69) is 15.3 Å². The monoisotopic (exact) mass is 359 g/mol. The first-order valence-electron chi connectivity index (χ1n) is 9.01. The number of halogens is 1. The van der Waals surface area contributed by atoms with Crippen molar-refractivity contribution in [1.29, 1.82) is 0 Å². The summed E-state index contributed by atoms with van der Waals surface area (Å²) < 4.78 is 14.9. The van der Waals surface area contributed by atoms with Gasteiger partial charge in [0.15, 0.2) is 5.82 Å². The van der Waals surface area contributed by atoms with Gasteiger partial charge in [0.2, 0.25) is 0 Å². The molecule has 140 valence electrons. The molecule has 2 heterocycles. The highest BCUT2D eigenvalue weighted by molar-refractivity contribution is 5.88. The quantitative estimate of drug-likeness (QED) is 0.863. The molecule has 1 aromatic heterocycles. The predicted octanol–water partition coefficient (Wildman–Crippen LogP) is 2.82. The van der Waals surface area contributed by atoms with Gasteiger partial charge in [0.05, 0.1) is 6.54 Å². The number of hydrogen-bond acceptors (Lipinski definition) is 3. The molecule has 3 rings (SSSR count). The van der Waals surface area contributed by atoms with E-state index in [4.69, 9.17) is 0 Å². The van der Waals surface area contributed by atoms with Crippen LogP contribution in [0.25, 0.3) is 0 Å². The van der Waals surface area contributed by atoms with Crippen LogP contribution in [0, 0.1) is 5.82 Å². The van der Waals surface area contributed by atoms with E-state index in [0.29, 0.717) is 5.82 Å². The molecule has 2 aromatic rings. The first-order chi connectivity index (χ1) is 12.5. The highest BCUT2D eigenvalue weighted by Gasteiger charge is 2.29. The summed E-state index contributed by atoms with van der Waals surface area (Å²) in [6.45, 7) is 2.40. The van der Waals surface area contributed by atoms with Gasteiger partial charge in [0, 0.05) is 31.4 Å². The first kappa shape index (κ1) is 18.4. The number of rotatable bonds is 6. The summed E-state index contributed by atoms with van der Waals surface area (Å²) in [7, 11) is 4.03. The van der Waals surface area contributed by atoms with Crippen LogP contribution in [0.2, 0.25) is 0 Å². The molecule has 1 aromatic carbocycles. The zero-order valence-corrected chi connectivity index (χ0v) is 15.4. The van der Waals surface area contributed by atoms with Gasteiger partial charge in [0.1, 0.15) is 5.82 Å². The van der Waals surface area contributed by atoms with Crippen molar-refractivity contribution in [3.05, 3.63) is 47.9 Å². The van der Waals surface area contributed by atoms with Gasteiger partial charge in [-0.25, -0.2) is 9.18 Å². The number of carbonyl (C=O) groups is 1. The molecule has 0 saturated carbocycles. The van der Waals surface area contributed by atoms with Crippen molar-refractivity contribution in [2.75, 3.05) is 32.5 Å². The van der Waals surface area contributed by atoms with Crippen molar-refractivity contribution in [2.24, 2.45) is 0 Å². The Morgan fingerprint density at radius 1 is 1.31 bits per heavy atom. The molecule has 1 aliphatic heterocycles.